The molecule has 0 aliphatic heterocycles. The Labute approximate surface area is 296 Å². The zero-order chi connectivity index (χ0) is 34.2. The molecule has 0 bridgehead atoms. The van der Waals surface area contributed by atoms with Crippen LogP contribution >= 0.6 is 0 Å². The highest BCUT2D eigenvalue weighted by molar-refractivity contribution is 5.73. The van der Waals surface area contributed by atoms with E-state index in [-0.39, 0.29) is 0 Å². The summed E-state index contributed by atoms with van der Waals surface area (Å²) in [6.07, 6.45) is 30.6. The van der Waals surface area contributed by atoms with E-state index in [0.29, 0.717) is 0 Å². The van der Waals surface area contributed by atoms with Gasteiger partial charge in [-0.25, -0.2) is 0 Å². The lowest BCUT2D eigenvalue weighted by Crippen LogP contribution is -2.01. The molecule has 0 N–H and O–H groups in total. The molecule has 0 aliphatic carbocycles. The Morgan fingerprint density at radius 2 is 1.04 bits per heavy atom. The summed E-state index contributed by atoms with van der Waals surface area (Å²) in [6, 6.07) is 20.4. The summed E-state index contributed by atoms with van der Waals surface area (Å²) in [6.45, 7) is 11.5. The van der Waals surface area contributed by atoms with Gasteiger partial charge in [0.05, 0.1) is 11.9 Å². The molecule has 3 aromatic rings. The second-order valence-electron chi connectivity index (χ2n) is 13.9. The third-order valence-corrected chi connectivity index (χ3v) is 9.92. The molecule has 0 aromatic heterocycles. The maximum absolute atomic E-state index is 4.78. The zero-order valence-electron chi connectivity index (χ0n) is 31.6. The van der Waals surface area contributed by atoms with Gasteiger partial charge in [0.2, 0.25) is 0 Å². The number of nitrogens with zero attached hydrogens (tertiary/aromatic N) is 2. The monoisotopic (exact) mass is 649 g/mol. The zero-order valence-corrected chi connectivity index (χ0v) is 31.6. The van der Waals surface area contributed by atoms with E-state index in [0.717, 1.165) is 31.4 Å². The summed E-state index contributed by atoms with van der Waals surface area (Å²) in [4.78, 5) is 0. The normalized spacial score (nSPS) is 11.8. The Morgan fingerprint density at radius 1 is 0.500 bits per heavy atom. The number of aryl methyl sites for hydroxylation is 3. The van der Waals surface area contributed by atoms with Gasteiger partial charge in [0.25, 0.3) is 0 Å². The molecule has 0 radical (unpaired) electrons. The molecule has 0 saturated heterocycles. The summed E-state index contributed by atoms with van der Waals surface area (Å²) >= 11 is 0. The quantitative estimate of drug-likeness (QED) is 0.0645. The van der Waals surface area contributed by atoms with Crippen molar-refractivity contribution < 1.29 is 0 Å². The van der Waals surface area contributed by atoms with E-state index in [1.807, 2.05) is 6.20 Å². The van der Waals surface area contributed by atoms with Crippen LogP contribution in [0.1, 0.15) is 171 Å². The van der Waals surface area contributed by atoms with Crippen molar-refractivity contribution in [1.82, 2.24) is 0 Å². The number of rotatable bonds is 25. The third-order valence-electron chi connectivity index (χ3n) is 9.92. The number of benzene rings is 3. The second kappa shape index (κ2) is 24.2. The molecule has 2 nitrogen and oxygen atoms in total. The van der Waals surface area contributed by atoms with Crippen molar-refractivity contribution in [3.63, 3.8) is 0 Å². The molecular weight excluding hydrogens is 581 g/mol. The van der Waals surface area contributed by atoms with Crippen molar-refractivity contribution in [3.8, 4) is 11.1 Å². The first-order chi connectivity index (χ1) is 23.6. The predicted octanol–water partition coefficient (Wildman–Crippen LogP) is 15.2. The second-order valence-corrected chi connectivity index (χ2v) is 13.9. The molecule has 0 spiro atoms. The maximum atomic E-state index is 4.78. The minimum Gasteiger partial charge on any atom is -0.159 e. The molecule has 0 saturated carbocycles. The van der Waals surface area contributed by atoms with Gasteiger partial charge in [-0.2, -0.15) is 10.2 Å². The number of azo groups is 1. The van der Waals surface area contributed by atoms with E-state index in [2.05, 4.69) is 100 Å². The van der Waals surface area contributed by atoms with Gasteiger partial charge >= 0.3 is 0 Å². The topological polar surface area (TPSA) is 24.7 Å². The fourth-order valence-corrected chi connectivity index (χ4v) is 7.08. The first-order valence-electron chi connectivity index (χ1n) is 20.1. The molecule has 0 amide bonds. The number of unbranched alkanes of at least 4 members (excludes halogenated alkanes) is 12. The van der Waals surface area contributed by atoms with E-state index >= 15 is 0 Å². The molecule has 0 atom stereocenters. The van der Waals surface area contributed by atoms with Crippen molar-refractivity contribution in [2.24, 2.45) is 10.2 Å². The minimum atomic E-state index is 1.01. The van der Waals surface area contributed by atoms with Crippen molar-refractivity contribution in [1.29, 1.82) is 0 Å². The standard InChI is InChI=1S/C46H68N2/c1-6-11-15-18-19-21-29-42-37-43(36-39(10-5)44(42)30-24-16-12-7-2)48-47-33-32-38-34-41(26-14-9-4)45(31-25-17-13-8-3)46(35-38)40-27-22-20-23-28-40/h20,22-23,27-28,32-37H,6-19,21,24-26,29-31H2,1-5H3. The van der Waals surface area contributed by atoms with Crippen LogP contribution in [0.3, 0.4) is 0 Å². The van der Waals surface area contributed by atoms with Crippen molar-refractivity contribution in [2.45, 2.75) is 169 Å². The van der Waals surface area contributed by atoms with E-state index in [1.54, 1.807) is 11.1 Å². The molecular formula is C46H68N2. The molecule has 2 heteroatoms. The van der Waals surface area contributed by atoms with E-state index in [4.69, 9.17) is 5.11 Å². The van der Waals surface area contributed by atoms with Gasteiger partial charge in [-0.1, -0.05) is 148 Å². The molecule has 3 aromatic carbocycles. The lowest BCUT2D eigenvalue weighted by Gasteiger charge is -2.17. The van der Waals surface area contributed by atoms with Crippen molar-refractivity contribution >= 4 is 11.8 Å². The Hall–Kier alpha value is -3.00. The van der Waals surface area contributed by atoms with Gasteiger partial charge in [-0.3, -0.25) is 0 Å². The van der Waals surface area contributed by atoms with Gasteiger partial charge in [-0.15, -0.1) is 0 Å². The summed E-state index contributed by atoms with van der Waals surface area (Å²) in [5, 5.41) is 9.41. The minimum absolute atomic E-state index is 1.01. The summed E-state index contributed by atoms with van der Waals surface area (Å²) in [5.41, 5.74) is 12.6. The summed E-state index contributed by atoms with van der Waals surface area (Å²) in [5.74, 6) is 0. The van der Waals surface area contributed by atoms with E-state index in [9.17, 15) is 0 Å². The number of hydrogen-bond donors (Lipinski definition) is 0. The van der Waals surface area contributed by atoms with Gasteiger partial charge in [0, 0.05) is 0 Å². The Morgan fingerprint density at radius 3 is 1.71 bits per heavy atom. The van der Waals surface area contributed by atoms with Gasteiger partial charge in [-0.05, 0) is 127 Å². The Balaban J connectivity index is 1.87. The fourth-order valence-electron chi connectivity index (χ4n) is 7.08. The van der Waals surface area contributed by atoms with Crippen LogP contribution < -0.4 is 0 Å². The average molecular weight is 649 g/mol. The molecule has 0 aliphatic rings. The van der Waals surface area contributed by atoms with Crippen LogP contribution in [-0.4, -0.2) is 0 Å². The maximum Gasteiger partial charge on any atom is 0.0862 e. The van der Waals surface area contributed by atoms with Crippen LogP contribution in [0.5, 0.6) is 0 Å². The third kappa shape index (κ3) is 13.9. The summed E-state index contributed by atoms with van der Waals surface area (Å²) in [7, 11) is 0. The number of hydrogen-bond acceptors (Lipinski definition) is 2. The highest BCUT2D eigenvalue weighted by Crippen LogP contribution is 2.32. The van der Waals surface area contributed by atoms with Crippen LogP contribution in [0.15, 0.2) is 71.0 Å². The van der Waals surface area contributed by atoms with E-state index in [1.165, 1.54) is 143 Å². The molecule has 0 fully saturated rings. The molecule has 0 heterocycles. The van der Waals surface area contributed by atoms with Crippen molar-refractivity contribution in [2.75, 3.05) is 0 Å². The molecule has 262 valence electrons. The first-order valence-corrected chi connectivity index (χ1v) is 20.1. The van der Waals surface area contributed by atoms with Crippen LogP contribution in [0.4, 0.5) is 5.69 Å². The van der Waals surface area contributed by atoms with Crippen molar-refractivity contribution in [3.05, 3.63) is 94.2 Å². The van der Waals surface area contributed by atoms with Crippen LogP contribution in [0, 0.1) is 0 Å². The van der Waals surface area contributed by atoms with E-state index < -0.39 is 0 Å². The molecule has 48 heavy (non-hydrogen) atoms. The fraction of sp³-hybridized carbons (Fsp3) is 0.565. The van der Waals surface area contributed by atoms with Gasteiger partial charge < -0.3 is 0 Å². The van der Waals surface area contributed by atoms with Crippen LogP contribution in [0.25, 0.3) is 17.2 Å². The highest BCUT2D eigenvalue weighted by atomic mass is 15.1. The average Bonchev–Trinajstić information content (AvgIpc) is 3.12. The lowest BCUT2D eigenvalue weighted by atomic mass is 9.88. The highest BCUT2D eigenvalue weighted by Gasteiger charge is 2.13. The molecule has 3 rings (SSSR count). The first kappa shape index (κ1) is 39.4. The lowest BCUT2D eigenvalue weighted by molar-refractivity contribution is 0.605. The van der Waals surface area contributed by atoms with Crippen LogP contribution in [0.2, 0.25) is 0 Å². The van der Waals surface area contributed by atoms with Gasteiger partial charge in [0.1, 0.15) is 0 Å². The Kier molecular flexibility index (Phi) is 19.9. The Bertz CT molecular complexity index is 1350. The largest absolute Gasteiger partial charge is 0.159 e. The SMILES string of the molecule is CCCCCCCCc1cc(N=NC=Cc2cc(CCCC)c(CCCCCC)c(-c3ccccc3)c2)cc(CC)c1CCCCCC. The van der Waals surface area contributed by atoms with Gasteiger partial charge in [0.15, 0.2) is 0 Å². The smallest absolute Gasteiger partial charge is 0.0862 e. The summed E-state index contributed by atoms with van der Waals surface area (Å²) < 4.78 is 0. The predicted molar refractivity (Wildman–Crippen MR) is 213 cm³/mol. The van der Waals surface area contributed by atoms with Crippen LogP contribution in [-0.2, 0) is 32.1 Å². The molecule has 0 unspecified atom stereocenters.